The molecule has 0 aliphatic rings. The van der Waals surface area contributed by atoms with E-state index in [1.165, 1.54) is 0 Å². The number of carbonyl (C=O) groups excluding carboxylic acids is 4. The summed E-state index contributed by atoms with van der Waals surface area (Å²) in [5.41, 5.74) is 1.78. The highest BCUT2D eigenvalue weighted by Crippen LogP contribution is 2.31. The number of benzene rings is 2. The highest BCUT2D eigenvalue weighted by molar-refractivity contribution is 5.94. The SMILES string of the molecule is Cc1ccc(C(C(=O)NC(Cc2ccccc2)C(=O)OC(C)(C)C)N(C(=O)C(CC(C)C)NC(=O)OC(C)(C)C)C(C)CCC(C)C)c(C)c1. The zero-order chi connectivity index (χ0) is 38.0. The number of hydrogen-bond acceptors (Lipinski definition) is 6. The van der Waals surface area contributed by atoms with Crippen molar-refractivity contribution in [3.05, 3.63) is 70.8 Å². The summed E-state index contributed by atoms with van der Waals surface area (Å²) in [6, 6.07) is 11.7. The second kappa shape index (κ2) is 18.4. The molecule has 0 radical (unpaired) electrons. The maximum Gasteiger partial charge on any atom is 0.408 e. The number of nitrogens with one attached hydrogen (secondary N) is 2. The lowest BCUT2D eigenvalue weighted by molar-refractivity contribution is -0.159. The van der Waals surface area contributed by atoms with E-state index in [0.717, 1.165) is 23.1 Å². The topological polar surface area (TPSA) is 114 Å². The minimum Gasteiger partial charge on any atom is -0.458 e. The van der Waals surface area contributed by atoms with E-state index in [1.807, 2.05) is 83.1 Å². The van der Waals surface area contributed by atoms with E-state index in [4.69, 9.17) is 9.47 Å². The van der Waals surface area contributed by atoms with Crippen molar-refractivity contribution in [3.63, 3.8) is 0 Å². The molecule has 9 heteroatoms. The summed E-state index contributed by atoms with van der Waals surface area (Å²) >= 11 is 0. The van der Waals surface area contributed by atoms with E-state index < -0.39 is 59.2 Å². The van der Waals surface area contributed by atoms with Gasteiger partial charge in [0, 0.05) is 12.5 Å². The molecule has 0 heterocycles. The quantitative estimate of drug-likeness (QED) is 0.183. The van der Waals surface area contributed by atoms with Crippen LogP contribution in [0.5, 0.6) is 0 Å². The van der Waals surface area contributed by atoms with Gasteiger partial charge in [-0.2, -0.15) is 0 Å². The third-order valence-corrected chi connectivity index (χ3v) is 8.12. The summed E-state index contributed by atoms with van der Waals surface area (Å²) in [6.45, 7) is 24.7. The van der Waals surface area contributed by atoms with Gasteiger partial charge < -0.3 is 25.0 Å². The zero-order valence-corrected chi connectivity index (χ0v) is 32.8. The molecule has 2 rings (SSSR count). The van der Waals surface area contributed by atoms with Crippen LogP contribution in [0.1, 0.15) is 124 Å². The number of alkyl carbamates (subject to hydrolysis) is 1. The highest BCUT2D eigenvalue weighted by atomic mass is 16.6. The molecule has 0 bridgehead atoms. The van der Waals surface area contributed by atoms with Crippen molar-refractivity contribution in [2.24, 2.45) is 11.8 Å². The molecule has 4 atom stereocenters. The van der Waals surface area contributed by atoms with Crippen LogP contribution in [0.2, 0.25) is 0 Å². The van der Waals surface area contributed by atoms with Crippen LogP contribution < -0.4 is 10.6 Å². The molecule has 0 aliphatic heterocycles. The van der Waals surface area contributed by atoms with Crippen LogP contribution in [0, 0.1) is 25.7 Å². The minimum atomic E-state index is -1.11. The summed E-state index contributed by atoms with van der Waals surface area (Å²) in [5, 5.41) is 5.85. The number of ether oxygens (including phenoxy) is 2. The van der Waals surface area contributed by atoms with Gasteiger partial charge in [-0.3, -0.25) is 9.59 Å². The van der Waals surface area contributed by atoms with Crippen LogP contribution in [-0.2, 0) is 30.3 Å². The molecule has 0 fully saturated rings. The summed E-state index contributed by atoms with van der Waals surface area (Å²) < 4.78 is 11.4. The van der Waals surface area contributed by atoms with Crippen LogP contribution in [0.3, 0.4) is 0 Å². The van der Waals surface area contributed by atoms with Crippen LogP contribution >= 0.6 is 0 Å². The summed E-state index contributed by atoms with van der Waals surface area (Å²) in [6.07, 6.45) is 1.27. The first-order valence-electron chi connectivity index (χ1n) is 18.0. The first-order chi connectivity index (χ1) is 23.1. The van der Waals surface area contributed by atoms with Gasteiger partial charge in [-0.1, -0.05) is 81.8 Å². The monoisotopic (exact) mass is 693 g/mol. The minimum absolute atomic E-state index is 0.0440. The van der Waals surface area contributed by atoms with Crippen LogP contribution in [0.25, 0.3) is 0 Å². The second-order valence-electron chi connectivity index (χ2n) is 16.4. The molecule has 0 aromatic heterocycles. The highest BCUT2D eigenvalue weighted by Gasteiger charge is 2.41. The maximum atomic E-state index is 14.9. The number of aryl methyl sites for hydroxylation is 2. The first kappa shape index (κ1) is 42.3. The number of rotatable bonds is 15. The molecule has 4 unspecified atom stereocenters. The summed E-state index contributed by atoms with van der Waals surface area (Å²) in [4.78, 5) is 58.2. The average molecular weight is 694 g/mol. The summed E-state index contributed by atoms with van der Waals surface area (Å²) in [5.74, 6) is -1.06. The normalized spacial score (nSPS) is 14.4. The van der Waals surface area contributed by atoms with Crippen molar-refractivity contribution in [3.8, 4) is 0 Å². The Hall–Kier alpha value is -3.88. The predicted octanol–water partition coefficient (Wildman–Crippen LogP) is 8.01. The number of amides is 3. The van der Waals surface area contributed by atoms with Crippen molar-refractivity contribution >= 4 is 23.9 Å². The smallest absolute Gasteiger partial charge is 0.408 e. The molecule has 50 heavy (non-hydrogen) atoms. The van der Waals surface area contributed by atoms with Gasteiger partial charge in [-0.25, -0.2) is 9.59 Å². The van der Waals surface area contributed by atoms with Crippen molar-refractivity contribution in [1.82, 2.24) is 15.5 Å². The van der Waals surface area contributed by atoms with E-state index >= 15 is 0 Å². The van der Waals surface area contributed by atoms with Crippen LogP contribution in [0.15, 0.2) is 48.5 Å². The Bertz CT molecular complexity index is 1420. The van der Waals surface area contributed by atoms with Gasteiger partial charge in [0.2, 0.25) is 11.8 Å². The third-order valence-electron chi connectivity index (χ3n) is 8.12. The summed E-state index contributed by atoms with van der Waals surface area (Å²) in [7, 11) is 0. The predicted molar refractivity (Wildman–Crippen MR) is 200 cm³/mol. The van der Waals surface area contributed by atoms with E-state index in [-0.39, 0.29) is 12.3 Å². The fraction of sp³-hybridized carbons (Fsp3) is 0.610. The Morgan fingerprint density at radius 1 is 0.740 bits per heavy atom. The fourth-order valence-corrected chi connectivity index (χ4v) is 5.85. The van der Waals surface area contributed by atoms with E-state index in [9.17, 15) is 19.2 Å². The van der Waals surface area contributed by atoms with Gasteiger partial charge in [-0.05, 0) is 110 Å². The van der Waals surface area contributed by atoms with Gasteiger partial charge in [-0.15, -0.1) is 0 Å². The molecule has 3 amide bonds. The van der Waals surface area contributed by atoms with Crippen molar-refractivity contribution < 1.29 is 28.7 Å². The maximum absolute atomic E-state index is 14.9. The molecule has 0 aliphatic carbocycles. The van der Waals surface area contributed by atoms with Gasteiger partial charge in [0.1, 0.15) is 29.3 Å². The number of nitrogens with zero attached hydrogens (tertiary/aromatic N) is 1. The van der Waals surface area contributed by atoms with Gasteiger partial charge >= 0.3 is 12.1 Å². The van der Waals surface area contributed by atoms with Crippen LogP contribution in [-0.4, -0.2) is 58.1 Å². The van der Waals surface area contributed by atoms with E-state index in [0.29, 0.717) is 24.3 Å². The standard InChI is InChI=1S/C41H63N3O6/c1-26(2)19-21-30(7)44(37(46)33(23-27(3)4)43-39(48)50-41(11,12)13)35(32-22-20-28(5)24-29(32)6)36(45)42-34(38(47)49-40(8,9)10)25-31-17-15-14-16-18-31/h14-18,20,22,24,26-27,30,33-35H,19,21,23,25H2,1-13H3,(H,42,45)(H,43,48). The molecule has 2 aromatic rings. The lowest BCUT2D eigenvalue weighted by atomic mass is 9.92. The van der Waals surface area contributed by atoms with Gasteiger partial charge in [0.15, 0.2) is 0 Å². The number of carbonyl (C=O) groups is 4. The molecule has 9 nitrogen and oxygen atoms in total. The second-order valence-corrected chi connectivity index (χ2v) is 16.4. The van der Waals surface area contributed by atoms with Crippen LogP contribution in [0.4, 0.5) is 4.79 Å². The Labute approximate surface area is 301 Å². The molecule has 2 N–H and O–H groups in total. The van der Waals surface area contributed by atoms with E-state index in [2.05, 4.69) is 24.5 Å². The number of hydrogen-bond donors (Lipinski definition) is 2. The molecular weight excluding hydrogens is 630 g/mol. The lowest BCUT2D eigenvalue weighted by Crippen LogP contribution is -2.57. The molecule has 0 saturated carbocycles. The Morgan fingerprint density at radius 3 is 1.86 bits per heavy atom. The van der Waals surface area contributed by atoms with Crippen molar-refractivity contribution in [1.29, 1.82) is 0 Å². The Kier molecular flexibility index (Phi) is 15.5. The largest absolute Gasteiger partial charge is 0.458 e. The third kappa shape index (κ3) is 14.2. The zero-order valence-electron chi connectivity index (χ0n) is 32.8. The van der Waals surface area contributed by atoms with Crippen molar-refractivity contribution in [2.75, 3.05) is 0 Å². The Morgan fingerprint density at radius 2 is 1.34 bits per heavy atom. The van der Waals surface area contributed by atoms with Crippen molar-refractivity contribution in [2.45, 2.75) is 151 Å². The lowest BCUT2D eigenvalue weighted by Gasteiger charge is -2.40. The van der Waals surface area contributed by atoms with Gasteiger partial charge in [0.25, 0.3) is 0 Å². The molecule has 278 valence electrons. The Balaban J connectivity index is 2.76. The molecule has 0 spiro atoms. The molecule has 2 aromatic carbocycles. The molecule has 0 saturated heterocycles. The number of esters is 1. The van der Waals surface area contributed by atoms with Gasteiger partial charge in [0.05, 0.1) is 0 Å². The molecular formula is C41H63N3O6. The van der Waals surface area contributed by atoms with E-state index in [1.54, 1.807) is 46.4 Å². The average Bonchev–Trinajstić information content (AvgIpc) is 2.96. The fourth-order valence-electron chi connectivity index (χ4n) is 5.85. The first-order valence-corrected chi connectivity index (χ1v) is 18.0.